The van der Waals surface area contributed by atoms with Gasteiger partial charge in [0.15, 0.2) is 0 Å². The number of hydrogen-bond acceptors (Lipinski definition) is 2. The van der Waals surface area contributed by atoms with Crippen LogP contribution >= 0.6 is 0 Å². The Balaban J connectivity index is 2.19. The Bertz CT molecular complexity index is 345. The zero-order valence-electron chi connectivity index (χ0n) is 8.78. The van der Waals surface area contributed by atoms with Crippen molar-refractivity contribution in [3.8, 4) is 0 Å². The van der Waals surface area contributed by atoms with Gasteiger partial charge in [-0.2, -0.15) is 0 Å². The summed E-state index contributed by atoms with van der Waals surface area (Å²) in [4.78, 5) is 0. The first-order valence-corrected chi connectivity index (χ1v) is 5.18. The van der Waals surface area contributed by atoms with E-state index >= 15 is 0 Å². The Morgan fingerprint density at radius 3 is 2.60 bits per heavy atom. The molecule has 1 aliphatic rings. The van der Waals surface area contributed by atoms with Crippen LogP contribution in [-0.2, 0) is 11.2 Å². The molecule has 0 saturated carbocycles. The molecule has 2 rings (SSSR count). The number of hydrogen-bond donors (Lipinski definition) is 1. The Morgan fingerprint density at radius 2 is 2.07 bits per heavy atom. The molecule has 1 atom stereocenters. The molecule has 0 spiro atoms. The van der Waals surface area contributed by atoms with E-state index in [1.807, 2.05) is 18.2 Å². The molecule has 1 fully saturated rings. The van der Waals surface area contributed by atoms with Crippen molar-refractivity contribution in [1.82, 2.24) is 0 Å². The summed E-state index contributed by atoms with van der Waals surface area (Å²) in [6, 6.07) is 10.2. The van der Waals surface area contributed by atoms with E-state index in [-0.39, 0.29) is 12.0 Å². The van der Waals surface area contributed by atoms with Gasteiger partial charge in [-0.15, -0.1) is 0 Å². The maximum absolute atomic E-state index is 9.51. The SMILES string of the molecule is C=C1COC[C@@]1(CO)Cc1ccccc1. The molecule has 2 nitrogen and oxygen atoms in total. The van der Waals surface area contributed by atoms with E-state index in [0.717, 1.165) is 12.0 Å². The number of aliphatic hydroxyl groups excluding tert-OH is 1. The predicted molar refractivity (Wildman–Crippen MR) is 59.6 cm³/mol. The van der Waals surface area contributed by atoms with Crippen LogP contribution in [-0.4, -0.2) is 24.9 Å². The highest BCUT2D eigenvalue weighted by molar-refractivity contribution is 5.24. The largest absolute Gasteiger partial charge is 0.395 e. The minimum Gasteiger partial charge on any atom is -0.395 e. The quantitative estimate of drug-likeness (QED) is 0.761. The Labute approximate surface area is 90.2 Å². The summed E-state index contributed by atoms with van der Waals surface area (Å²) in [6.07, 6.45) is 0.809. The first kappa shape index (κ1) is 10.4. The van der Waals surface area contributed by atoms with Crippen LogP contribution < -0.4 is 0 Å². The second-order valence-corrected chi connectivity index (χ2v) is 4.20. The molecule has 0 amide bonds. The molecule has 0 aromatic heterocycles. The number of benzene rings is 1. The highest BCUT2D eigenvalue weighted by Crippen LogP contribution is 2.35. The van der Waals surface area contributed by atoms with Crippen LogP contribution in [0.2, 0.25) is 0 Å². The van der Waals surface area contributed by atoms with Crippen LogP contribution in [0.1, 0.15) is 5.56 Å². The second-order valence-electron chi connectivity index (χ2n) is 4.20. The van der Waals surface area contributed by atoms with Crippen LogP contribution in [0.15, 0.2) is 42.5 Å². The lowest BCUT2D eigenvalue weighted by atomic mass is 9.79. The zero-order valence-corrected chi connectivity index (χ0v) is 8.78. The standard InChI is InChI=1S/C13H16O2/c1-11-8-15-10-13(11,9-14)7-12-5-3-2-4-6-12/h2-6,14H,1,7-10H2/t13-/m0/s1. The molecule has 1 aromatic rings. The van der Waals surface area contributed by atoms with E-state index in [9.17, 15) is 5.11 Å². The molecule has 1 aliphatic heterocycles. The first-order chi connectivity index (χ1) is 7.27. The highest BCUT2D eigenvalue weighted by atomic mass is 16.5. The average molecular weight is 204 g/mol. The highest BCUT2D eigenvalue weighted by Gasteiger charge is 2.37. The lowest BCUT2D eigenvalue weighted by molar-refractivity contribution is 0.101. The molecule has 0 aliphatic carbocycles. The van der Waals surface area contributed by atoms with Crippen LogP contribution in [0.3, 0.4) is 0 Å². The Morgan fingerprint density at radius 1 is 1.33 bits per heavy atom. The number of ether oxygens (including phenoxy) is 1. The van der Waals surface area contributed by atoms with Crippen molar-refractivity contribution in [1.29, 1.82) is 0 Å². The van der Waals surface area contributed by atoms with Crippen molar-refractivity contribution in [2.24, 2.45) is 5.41 Å². The molecule has 1 N–H and O–H groups in total. The number of rotatable bonds is 3. The third-order valence-electron chi connectivity index (χ3n) is 3.09. The van der Waals surface area contributed by atoms with Gasteiger partial charge in [-0.1, -0.05) is 36.9 Å². The molecule has 2 heteroatoms. The lowest BCUT2D eigenvalue weighted by Crippen LogP contribution is -2.30. The van der Waals surface area contributed by atoms with Crippen LogP contribution in [0.25, 0.3) is 0 Å². The summed E-state index contributed by atoms with van der Waals surface area (Å²) in [5, 5.41) is 9.51. The Kier molecular flexibility index (Phi) is 2.89. The maximum atomic E-state index is 9.51. The molecule has 15 heavy (non-hydrogen) atoms. The van der Waals surface area contributed by atoms with Crippen LogP contribution in [0.4, 0.5) is 0 Å². The Hall–Kier alpha value is -1.12. The smallest absolute Gasteiger partial charge is 0.0681 e. The molecule has 1 heterocycles. The third-order valence-corrected chi connectivity index (χ3v) is 3.09. The monoisotopic (exact) mass is 204 g/mol. The fourth-order valence-corrected chi connectivity index (χ4v) is 2.00. The van der Waals surface area contributed by atoms with Gasteiger partial charge in [-0.25, -0.2) is 0 Å². The van der Waals surface area contributed by atoms with E-state index in [2.05, 4.69) is 18.7 Å². The molecule has 1 aromatic carbocycles. The fraction of sp³-hybridized carbons (Fsp3) is 0.385. The summed E-state index contributed by atoms with van der Waals surface area (Å²) in [5.74, 6) is 0. The van der Waals surface area contributed by atoms with Gasteiger partial charge in [0.25, 0.3) is 0 Å². The molecule has 1 saturated heterocycles. The summed E-state index contributed by atoms with van der Waals surface area (Å²) >= 11 is 0. The number of aliphatic hydroxyl groups is 1. The topological polar surface area (TPSA) is 29.5 Å². The van der Waals surface area contributed by atoms with Crippen molar-refractivity contribution >= 4 is 0 Å². The van der Waals surface area contributed by atoms with Gasteiger partial charge in [-0.3, -0.25) is 0 Å². The van der Waals surface area contributed by atoms with Gasteiger partial charge in [-0.05, 0) is 17.6 Å². The van der Waals surface area contributed by atoms with E-state index in [0.29, 0.717) is 13.2 Å². The second kappa shape index (κ2) is 4.17. The van der Waals surface area contributed by atoms with Gasteiger partial charge < -0.3 is 9.84 Å². The van der Waals surface area contributed by atoms with Gasteiger partial charge in [0, 0.05) is 5.41 Å². The zero-order chi connectivity index (χ0) is 10.7. The predicted octanol–water partition coefficient (Wildman–Crippen LogP) is 1.79. The van der Waals surface area contributed by atoms with Gasteiger partial charge >= 0.3 is 0 Å². The van der Waals surface area contributed by atoms with Crippen molar-refractivity contribution < 1.29 is 9.84 Å². The molecular weight excluding hydrogens is 188 g/mol. The molecule has 0 radical (unpaired) electrons. The van der Waals surface area contributed by atoms with Crippen molar-refractivity contribution in [3.63, 3.8) is 0 Å². The van der Waals surface area contributed by atoms with E-state index in [4.69, 9.17) is 4.74 Å². The lowest BCUT2D eigenvalue weighted by Gasteiger charge is -2.26. The molecule has 0 bridgehead atoms. The van der Waals surface area contributed by atoms with Gasteiger partial charge in [0.05, 0.1) is 19.8 Å². The van der Waals surface area contributed by atoms with Gasteiger partial charge in [0.1, 0.15) is 0 Å². The van der Waals surface area contributed by atoms with Crippen LogP contribution in [0.5, 0.6) is 0 Å². The fourth-order valence-electron chi connectivity index (χ4n) is 2.00. The van der Waals surface area contributed by atoms with Crippen molar-refractivity contribution in [2.75, 3.05) is 19.8 Å². The van der Waals surface area contributed by atoms with Crippen LogP contribution in [0, 0.1) is 5.41 Å². The maximum Gasteiger partial charge on any atom is 0.0681 e. The molecule has 80 valence electrons. The third kappa shape index (κ3) is 1.96. The normalized spacial score (nSPS) is 25.8. The summed E-state index contributed by atoms with van der Waals surface area (Å²) < 4.78 is 5.38. The average Bonchev–Trinajstić information content (AvgIpc) is 2.62. The minimum absolute atomic E-state index is 0.112. The van der Waals surface area contributed by atoms with E-state index in [1.54, 1.807) is 0 Å². The minimum atomic E-state index is -0.263. The van der Waals surface area contributed by atoms with Crippen molar-refractivity contribution in [3.05, 3.63) is 48.0 Å². The molecular formula is C13H16O2. The molecule has 0 unspecified atom stereocenters. The van der Waals surface area contributed by atoms with Gasteiger partial charge in [0.2, 0.25) is 0 Å². The first-order valence-electron chi connectivity index (χ1n) is 5.18. The van der Waals surface area contributed by atoms with E-state index < -0.39 is 0 Å². The van der Waals surface area contributed by atoms with E-state index in [1.165, 1.54) is 5.56 Å². The summed E-state index contributed by atoms with van der Waals surface area (Å²) in [6.45, 7) is 5.26. The summed E-state index contributed by atoms with van der Waals surface area (Å²) in [5.41, 5.74) is 1.97. The van der Waals surface area contributed by atoms with Crippen molar-refractivity contribution in [2.45, 2.75) is 6.42 Å². The summed E-state index contributed by atoms with van der Waals surface area (Å²) in [7, 11) is 0.